The highest BCUT2D eigenvalue weighted by Crippen LogP contribution is 2.37. The summed E-state index contributed by atoms with van der Waals surface area (Å²) in [5, 5.41) is 5.89. The van der Waals surface area contributed by atoms with E-state index in [0.717, 1.165) is 10.5 Å². The molecule has 6 nitrogen and oxygen atoms in total. The SMILES string of the molecule is COc1ccc(C(=O)Nc2ccc(SC(C(=O)Nc3cccc(Cl)c3)c3ccccc3)cc2)cc1OC. The highest BCUT2D eigenvalue weighted by Gasteiger charge is 2.22. The smallest absolute Gasteiger partial charge is 0.255 e. The van der Waals surface area contributed by atoms with Crippen molar-refractivity contribution in [1.82, 2.24) is 0 Å². The van der Waals surface area contributed by atoms with Gasteiger partial charge in [0.15, 0.2) is 11.5 Å². The topological polar surface area (TPSA) is 76.7 Å². The van der Waals surface area contributed by atoms with Crippen molar-refractivity contribution in [2.24, 2.45) is 0 Å². The second kappa shape index (κ2) is 12.3. The number of ether oxygens (including phenoxy) is 2. The van der Waals surface area contributed by atoms with Crippen molar-refractivity contribution in [1.29, 1.82) is 0 Å². The summed E-state index contributed by atoms with van der Waals surface area (Å²) in [6, 6.07) is 29.0. The molecular weight excluding hydrogens is 508 g/mol. The molecule has 0 bridgehead atoms. The van der Waals surface area contributed by atoms with Crippen molar-refractivity contribution < 1.29 is 19.1 Å². The van der Waals surface area contributed by atoms with Gasteiger partial charge in [0.25, 0.3) is 5.91 Å². The number of nitrogens with one attached hydrogen (secondary N) is 2. The van der Waals surface area contributed by atoms with Gasteiger partial charge < -0.3 is 20.1 Å². The maximum atomic E-state index is 13.2. The Hall–Kier alpha value is -3.94. The van der Waals surface area contributed by atoms with Crippen LogP contribution in [-0.4, -0.2) is 26.0 Å². The summed E-state index contributed by atoms with van der Waals surface area (Å²) in [6.45, 7) is 0. The van der Waals surface area contributed by atoms with E-state index in [1.165, 1.54) is 18.9 Å². The van der Waals surface area contributed by atoms with Gasteiger partial charge in [0.1, 0.15) is 5.25 Å². The second-order valence-corrected chi connectivity index (χ2v) is 9.57. The Bertz CT molecular complexity index is 1380. The quantitative estimate of drug-likeness (QED) is 0.225. The molecule has 1 unspecified atom stereocenters. The van der Waals surface area contributed by atoms with Gasteiger partial charge in [0, 0.05) is 26.9 Å². The van der Waals surface area contributed by atoms with Gasteiger partial charge in [0.2, 0.25) is 5.91 Å². The van der Waals surface area contributed by atoms with Crippen LogP contribution in [0, 0.1) is 0 Å². The summed E-state index contributed by atoms with van der Waals surface area (Å²) in [5.41, 5.74) is 2.58. The number of halogens is 1. The van der Waals surface area contributed by atoms with Crippen LogP contribution >= 0.6 is 23.4 Å². The molecule has 0 saturated heterocycles. The number of amides is 2. The largest absolute Gasteiger partial charge is 0.493 e. The van der Waals surface area contributed by atoms with Crippen molar-refractivity contribution in [3.63, 3.8) is 0 Å². The van der Waals surface area contributed by atoms with E-state index in [4.69, 9.17) is 21.1 Å². The van der Waals surface area contributed by atoms with Crippen LogP contribution in [0.1, 0.15) is 21.2 Å². The summed E-state index contributed by atoms with van der Waals surface area (Å²) in [6.07, 6.45) is 0. The highest BCUT2D eigenvalue weighted by molar-refractivity contribution is 8.00. The van der Waals surface area contributed by atoms with Crippen molar-refractivity contribution in [2.75, 3.05) is 24.9 Å². The van der Waals surface area contributed by atoms with E-state index in [-0.39, 0.29) is 11.8 Å². The molecule has 0 aliphatic carbocycles. The van der Waals surface area contributed by atoms with E-state index < -0.39 is 5.25 Å². The van der Waals surface area contributed by atoms with Gasteiger partial charge in [-0.05, 0) is 66.2 Å². The first kappa shape index (κ1) is 26.1. The molecule has 0 aromatic heterocycles. The molecule has 4 rings (SSSR count). The van der Waals surface area contributed by atoms with Crippen molar-refractivity contribution >= 4 is 46.6 Å². The summed E-state index contributed by atoms with van der Waals surface area (Å²) in [7, 11) is 3.06. The first-order chi connectivity index (χ1) is 18.0. The summed E-state index contributed by atoms with van der Waals surface area (Å²) in [5.74, 6) is 0.589. The van der Waals surface area contributed by atoms with Crippen LogP contribution in [0.4, 0.5) is 11.4 Å². The Morgan fingerprint density at radius 3 is 2.16 bits per heavy atom. The van der Waals surface area contributed by atoms with E-state index in [1.54, 1.807) is 61.7 Å². The number of hydrogen-bond donors (Lipinski definition) is 2. The zero-order valence-electron chi connectivity index (χ0n) is 20.2. The van der Waals surface area contributed by atoms with E-state index in [2.05, 4.69) is 10.6 Å². The first-order valence-corrected chi connectivity index (χ1v) is 12.6. The number of rotatable bonds is 9. The molecule has 1 atom stereocenters. The zero-order chi connectivity index (χ0) is 26.2. The minimum absolute atomic E-state index is 0.163. The highest BCUT2D eigenvalue weighted by atomic mass is 35.5. The molecule has 188 valence electrons. The van der Waals surface area contributed by atoms with Crippen LogP contribution in [0.15, 0.2) is 102 Å². The van der Waals surface area contributed by atoms with Gasteiger partial charge in [-0.1, -0.05) is 48.0 Å². The first-order valence-electron chi connectivity index (χ1n) is 11.4. The lowest BCUT2D eigenvalue weighted by Crippen LogP contribution is -2.19. The zero-order valence-corrected chi connectivity index (χ0v) is 21.8. The average Bonchev–Trinajstić information content (AvgIpc) is 2.92. The van der Waals surface area contributed by atoms with Crippen LogP contribution in [-0.2, 0) is 4.79 Å². The van der Waals surface area contributed by atoms with Crippen LogP contribution in [0.3, 0.4) is 0 Å². The maximum Gasteiger partial charge on any atom is 0.255 e. The summed E-state index contributed by atoms with van der Waals surface area (Å²) >= 11 is 7.49. The van der Waals surface area contributed by atoms with Crippen LogP contribution in [0.2, 0.25) is 5.02 Å². The standard InChI is InChI=1S/C29H25ClN2O4S/c1-35-25-16-11-20(17-26(25)36-2)28(33)31-22-12-14-24(15-13-22)37-27(19-7-4-3-5-8-19)29(34)32-23-10-6-9-21(30)18-23/h3-18,27H,1-2H3,(H,31,33)(H,32,34). The van der Waals surface area contributed by atoms with Gasteiger partial charge in [-0.2, -0.15) is 0 Å². The molecule has 4 aromatic rings. The molecule has 4 aromatic carbocycles. The molecule has 0 aliphatic heterocycles. The predicted octanol–water partition coefficient (Wildman–Crippen LogP) is 7.08. The fourth-order valence-electron chi connectivity index (χ4n) is 3.61. The summed E-state index contributed by atoms with van der Waals surface area (Å²) in [4.78, 5) is 26.9. The van der Waals surface area contributed by atoms with E-state index >= 15 is 0 Å². The lowest BCUT2D eigenvalue weighted by Gasteiger charge is -2.17. The van der Waals surface area contributed by atoms with Gasteiger partial charge >= 0.3 is 0 Å². The van der Waals surface area contributed by atoms with Gasteiger partial charge in [-0.15, -0.1) is 11.8 Å². The maximum absolute atomic E-state index is 13.2. The number of anilines is 2. The molecule has 0 saturated carbocycles. The van der Waals surface area contributed by atoms with E-state index in [0.29, 0.717) is 33.5 Å². The molecule has 2 amide bonds. The number of methoxy groups -OCH3 is 2. The molecule has 2 N–H and O–H groups in total. The number of thioether (sulfide) groups is 1. The minimum Gasteiger partial charge on any atom is -0.493 e. The third kappa shape index (κ3) is 6.84. The molecule has 0 fully saturated rings. The number of hydrogen-bond acceptors (Lipinski definition) is 5. The normalized spacial score (nSPS) is 11.3. The third-order valence-electron chi connectivity index (χ3n) is 5.44. The van der Waals surface area contributed by atoms with Gasteiger partial charge in [-0.25, -0.2) is 0 Å². The molecule has 0 spiro atoms. The lowest BCUT2D eigenvalue weighted by atomic mass is 10.1. The van der Waals surface area contributed by atoms with Gasteiger partial charge in [-0.3, -0.25) is 9.59 Å². The Labute approximate surface area is 225 Å². The fraction of sp³-hybridized carbons (Fsp3) is 0.103. The predicted molar refractivity (Wildman–Crippen MR) is 149 cm³/mol. The minimum atomic E-state index is -0.493. The Kier molecular flexibility index (Phi) is 8.72. The van der Waals surface area contributed by atoms with Gasteiger partial charge in [0.05, 0.1) is 14.2 Å². The fourth-order valence-corrected chi connectivity index (χ4v) is 4.82. The van der Waals surface area contributed by atoms with Crippen LogP contribution in [0.25, 0.3) is 0 Å². The molecule has 0 heterocycles. The third-order valence-corrected chi connectivity index (χ3v) is 6.95. The molecule has 0 radical (unpaired) electrons. The second-order valence-electron chi connectivity index (χ2n) is 7.96. The molecule has 37 heavy (non-hydrogen) atoms. The Morgan fingerprint density at radius 2 is 1.49 bits per heavy atom. The molecular formula is C29H25ClN2O4S. The number of carbonyl (C=O) groups is 2. The van der Waals surface area contributed by atoms with Crippen molar-refractivity contribution in [3.8, 4) is 11.5 Å². The van der Waals surface area contributed by atoms with Crippen molar-refractivity contribution in [2.45, 2.75) is 10.1 Å². The Morgan fingerprint density at radius 1 is 0.757 bits per heavy atom. The monoisotopic (exact) mass is 532 g/mol. The lowest BCUT2D eigenvalue weighted by molar-refractivity contribution is -0.115. The molecule has 0 aliphatic rings. The molecule has 8 heteroatoms. The van der Waals surface area contributed by atoms with Crippen LogP contribution < -0.4 is 20.1 Å². The Balaban J connectivity index is 1.48. The summed E-state index contributed by atoms with van der Waals surface area (Å²) < 4.78 is 10.5. The average molecular weight is 533 g/mol. The number of carbonyl (C=O) groups excluding carboxylic acids is 2. The van der Waals surface area contributed by atoms with E-state index in [9.17, 15) is 9.59 Å². The number of benzene rings is 4. The van der Waals surface area contributed by atoms with E-state index in [1.807, 2.05) is 42.5 Å². The van der Waals surface area contributed by atoms with Crippen LogP contribution in [0.5, 0.6) is 11.5 Å². The van der Waals surface area contributed by atoms with Crippen molar-refractivity contribution in [3.05, 3.63) is 113 Å².